The van der Waals surface area contributed by atoms with Gasteiger partial charge in [-0.3, -0.25) is 0 Å². The maximum absolute atomic E-state index is 5.73. The second-order valence-electron chi connectivity index (χ2n) is 2.03. The van der Waals surface area contributed by atoms with Crippen LogP contribution in [0.25, 0.3) is 0 Å². The first-order chi connectivity index (χ1) is 5.15. The summed E-state index contributed by atoms with van der Waals surface area (Å²) in [4.78, 5) is 1.11. The fourth-order valence-corrected chi connectivity index (χ4v) is 2.73. The van der Waals surface area contributed by atoms with Crippen molar-refractivity contribution in [2.75, 3.05) is 0 Å². The summed E-state index contributed by atoms with van der Waals surface area (Å²) in [6, 6.07) is 1.95. The van der Waals surface area contributed by atoms with Crippen molar-refractivity contribution in [3.05, 3.63) is 31.9 Å². The van der Waals surface area contributed by atoms with Crippen LogP contribution in [0.4, 0.5) is 0 Å². The molecular formula is C7H8Br2ClNS. The van der Waals surface area contributed by atoms with Gasteiger partial charge in [-0.25, -0.2) is 0 Å². The van der Waals surface area contributed by atoms with Gasteiger partial charge in [-0.2, -0.15) is 0 Å². The van der Waals surface area contributed by atoms with Crippen molar-refractivity contribution in [3.63, 3.8) is 0 Å². The van der Waals surface area contributed by atoms with Crippen molar-refractivity contribution in [2.24, 2.45) is 5.73 Å². The number of hydrogen-bond acceptors (Lipinski definition) is 2. The van der Waals surface area contributed by atoms with Crippen LogP contribution in [-0.4, -0.2) is 0 Å². The van der Waals surface area contributed by atoms with Gasteiger partial charge >= 0.3 is 0 Å². The van der Waals surface area contributed by atoms with E-state index in [0.717, 1.165) is 13.1 Å². The van der Waals surface area contributed by atoms with Gasteiger partial charge in [0.05, 0.1) is 9.83 Å². The molecule has 1 aromatic rings. The number of rotatable bonds is 2. The highest BCUT2D eigenvalue weighted by molar-refractivity contribution is 9.13. The second kappa shape index (κ2) is 5.40. The molecule has 12 heavy (non-hydrogen) atoms. The molecule has 1 heterocycles. The average molecular weight is 333 g/mol. The smallest absolute Gasteiger partial charge is 0.0843 e. The fraction of sp³-hybridized carbons (Fsp3) is 0.143. The lowest BCUT2D eigenvalue weighted by atomic mass is 10.2. The third-order valence-corrected chi connectivity index (χ3v) is 4.60. The van der Waals surface area contributed by atoms with Crippen molar-refractivity contribution < 1.29 is 0 Å². The summed E-state index contributed by atoms with van der Waals surface area (Å²) in [6.45, 7) is 3.63. The van der Waals surface area contributed by atoms with Crippen LogP contribution in [0.1, 0.15) is 10.9 Å². The SMILES string of the molecule is C=C[C@@H](N)c1cc(Br)c(Br)s1.Cl. The summed E-state index contributed by atoms with van der Waals surface area (Å²) in [6.07, 6.45) is 1.73. The van der Waals surface area contributed by atoms with E-state index < -0.39 is 0 Å². The van der Waals surface area contributed by atoms with Gasteiger partial charge in [0, 0.05) is 9.35 Å². The minimum Gasteiger partial charge on any atom is -0.320 e. The molecule has 0 fully saturated rings. The van der Waals surface area contributed by atoms with Crippen molar-refractivity contribution in [1.29, 1.82) is 0 Å². The Labute approximate surface area is 98.7 Å². The van der Waals surface area contributed by atoms with Crippen molar-refractivity contribution in [1.82, 2.24) is 0 Å². The Kier molecular flexibility index (Phi) is 5.69. The molecule has 1 atom stereocenters. The quantitative estimate of drug-likeness (QED) is 0.817. The fourth-order valence-electron chi connectivity index (χ4n) is 0.644. The van der Waals surface area contributed by atoms with Gasteiger partial charge in [0.1, 0.15) is 0 Å². The van der Waals surface area contributed by atoms with E-state index in [1.165, 1.54) is 0 Å². The molecule has 0 unspecified atom stereocenters. The Bertz CT molecular complexity index is 255. The third kappa shape index (κ3) is 2.85. The Hall–Kier alpha value is 0.650. The van der Waals surface area contributed by atoms with Crippen LogP contribution in [0.2, 0.25) is 0 Å². The summed E-state index contributed by atoms with van der Waals surface area (Å²) in [5.74, 6) is 0. The zero-order valence-electron chi connectivity index (χ0n) is 6.09. The molecule has 2 N–H and O–H groups in total. The second-order valence-corrected chi connectivity index (χ2v) is 5.29. The molecule has 0 bridgehead atoms. The molecule has 68 valence electrons. The molecule has 0 aliphatic carbocycles. The normalized spacial score (nSPS) is 11.9. The molecule has 1 nitrogen and oxygen atoms in total. The lowest BCUT2D eigenvalue weighted by molar-refractivity contribution is 0.939. The molecule has 0 spiro atoms. The Balaban J connectivity index is 0.00000121. The van der Waals surface area contributed by atoms with E-state index in [0.29, 0.717) is 0 Å². The average Bonchev–Trinajstić information content (AvgIpc) is 2.31. The minimum atomic E-state index is -0.0531. The Morgan fingerprint density at radius 3 is 2.50 bits per heavy atom. The van der Waals surface area contributed by atoms with Crippen LogP contribution in [0, 0.1) is 0 Å². The number of halogens is 3. The maximum atomic E-state index is 5.73. The summed E-state index contributed by atoms with van der Waals surface area (Å²) in [7, 11) is 0. The molecule has 5 heteroatoms. The van der Waals surface area contributed by atoms with Gasteiger partial charge in [-0.1, -0.05) is 6.08 Å². The van der Waals surface area contributed by atoms with Gasteiger partial charge in [-0.15, -0.1) is 30.3 Å². The van der Waals surface area contributed by atoms with E-state index in [-0.39, 0.29) is 18.4 Å². The third-order valence-electron chi connectivity index (χ3n) is 1.25. The largest absolute Gasteiger partial charge is 0.320 e. The summed E-state index contributed by atoms with van der Waals surface area (Å²) >= 11 is 8.40. The molecule has 1 aromatic heterocycles. The molecule has 0 saturated heterocycles. The first-order valence-electron chi connectivity index (χ1n) is 2.98. The van der Waals surface area contributed by atoms with Crippen molar-refractivity contribution in [3.8, 4) is 0 Å². The van der Waals surface area contributed by atoms with Gasteiger partial charge in [-0.05, 0) is 37.9 Å². The summed E-state index contributed by atoms with van der Waals surface area (Å²) < 4.78 is 2.12. The predicted molar refractivity (Wildman–Crippen MR) is 64.1 cm³/mol. The van der Waals surface area contributed by atoms with Gasteiger partial charge < -0.3 is 5.73 Å². The zero-order chi connectivity index (χ0) is 8.43. The van der Waals surface area contributed by atoms with Crippen LogP contribution in [0.15, 0.2) is 27.0 Å². The number of nitrogens with two attached hydrogens (primary N) is 1. The van der Waals surface area contributed by atoms with Gasteiger partial charge in [0.25, 0.3) is 0 Å². The van der Waals surface area contributed by atoms with Crippen molar-refractivity contribution in [2.45, 2.75) is 6.04 Å². The van der Waals surface area contributed by atoms with E-state index in [1.807, 2.05) is 6.07 Å². The van der Waals surface area contributed by atoms with Gasteiger partial charge in [0.2, 0.25) is 0 Å². The highest BCUT2D eigenvalue weighted by Gasteiger charge is 2.07. The molecule has 0 aromatic carbocycles. The van der Waals surface area contributed by atoms with Crippen LogP contribution in [0.3, 0.4) is 0 Å². The van der Waals surface area contributed by atoms with Gasteiger partial charge in [0.15, 0.2) is 0 Å². The van der Waals surface area contributed by atoms with E-state index in [2.05, 4.69) is 38.4 Å². The first-order valence-corrected chi connectivity index (χ1v) is 5.38. The topological polar surface area (TPSA) is 26.0 Å². The monoisotopic (exact) mass is 331 g/mol. The molecule has 0 aliphatic rings. The molecule has 0 amide bonds. The molecular weight excluding hydrogens is 325 g/mol. The molecule has 0 aliphatic heterocycles. The molecule has 0 radical (unpaired) electrons. The number of hydrogen-bond donors (Lipinski definition) is 1. The molecule has 0 saturated carbocycles. The van der Waals surface area contributed by atoms with E-state index >= 15 is 0 Å². The highest BCUT2D eigenvalue weighted by atomic mass is 79.9. The van der Waals surface area contributed by atoms with Crippen LogP contribution in [-0.2, 0) is 0 Å². The first kappa shape index (κ1) is 12.7. The van der Waals surface area contributed by atoms with Crippen LogP contribution >= 0.6 is 55.6 Å². The van der Waals surface area contributed by atoms with E-state index in [9.17, 15) is 0 Å². The lowest BCUT2D eigenvalue weighted by Gasteiger charge is -1.99. The Morgan fingerprint density at radius 1 is 1.58 bits per heavy atom. The predicted octanol–water partition coefficient (Wildman–Crippen LogP) is 3.88. The van der Waals surface area contributed by atoms with Crippen LogP contribution < -0.4 is 5.73 Å². The zero-order valence-corrected chi connectivity index (χ0v) is 10.9. The Morgan fingerprint density at radius 2 is 2.17 bits per heavy atom. The minimum absolute atomic E-state index is 0. The summed E-state index contributed by atoms with van der Waals surface area (Å²) in [5.41, 5.74) is 5.73. The van der Waals surface area contributed by atoms with Crippen LogP contribution in [0.5, 0.6) is 0 Å². The summed E-state index contributed by atoms with van der Waals surface area (Å²) in [5, 5.41) is 0. The highest BCUT2D eigenvalue weighted by Crippen LogP contribution is 2.34. The van der Waals surface area contributed by atoms with Crippen molar-refractivity contribution >= 4 is 55.6 Å². The molecule has 1 rings (SSSR count). The lowest BCUT2D eigenvalue weighted by Crippen LogP contribution is -2.03. The van der Waals surface area contributed by atoms with E-state index in [1.54, 1.807) is 17.4 Å². The number of thiophene rings is 1. The standard InChI is InChI=1S/C7H7Br2NS.ClH/c1-2-5(10)6-3-4(8)7(9)11-6;/h2-3,5H,1,10H2;1H/t5-;/m1./s1. The maximum Gasteiger partial charge on any atom is 0.0843 e. The van der Waals surface area contributed by atoms with E-state index in [4.69, 9.17) is 5.73 Å².